The number of amides is 1. The third-order valence-electron chi connectivity index (χ3n) is 4.03. The van der Waals surface area contributed by atoms with E-state index in [-0.39, 0.29) is 23.7 Å². The summed E-state index contributed by atoms with van der Waals surface area (Å²) in [7, 11) is 0. The maximum atomic E-state index is 12.4. The molecule has 7 nitrogen and oxygen atoms in total. The second-order valence-electron chi connectivity index (χ2n) is 6.17. The molecular weight excluding hydrogens is 465 g/mol. The van der Waals surface area contributed by atoms with Gasteiger partial charge in [0.1, 0.15) is 23.9 Å². The van der Waals surface area contributed by atoms with Crippen LogP contribution in [0.4, 0.5) is 4.79 Å². The number of rotatable bonds is 10. The van der Waals surface area contributed by atoms with Crippen molar-refractivity contribution in [1.82, 2.24) is 5.32 Å². The quantitative estimate of drug-likeness (QED) is 0.234. The molecule has 0 saturated heterocycles. The molecule has 27 heavy (non-hydrogen) atoms. The van der Waals surface area contributed by atoms with Gasteiger partial charge in [0, 0.05) is 0 Å². The van der Waals surface area contributed by atoms with Gasteiger partial charge in [0.15, 0.2) is 0 Å². The van der Waals surface area contributed by atoms with Gasteiger partial charge in [-0.15, -0.1) is 0 Å². The van der Waals surface area contributed by atoms with Crippen LogP contribution in [0.1, 0.15) is 32.8 Å². The van der Waals surface area contributed by atoms with E-state index >= 15 is 0 Å². The van der Waals surface area contributed by atoms with Crippen LogP contribution in [0.25, 0.3) is 0 Å². The molecular formula is C19H26INO6. The third kappa shape index (κ3) is 8.59. The van der Waals surface area contributed by atoms with Crippen molar-refractivity contribution in [2.24, 2.45) is 11.8 Å². The molecule has 1 amide bonds. The maximum Gasteiger partial charge on any atom is 0.408 e. The Balaban J connectivity index is 2.57. The lowest BCUT2D eigenvalue weighted by Gasteiger charge is -2.23. The number of nitrogens with one attached hydrogen (secondary N) is 1. The summed E-state index contributed by atoms with van der Waals surface area (Å²) in [5.74, 6) is -1.77. The zero-order valence-corrected chi connectivity index (χ0v) is 17.9. The first-order valence-corrected chi connectivity index (χ1v) is 10.3. The predicted octanol–water partition coefficient (Wildman–Crippen LogP) is 3.44. The van der Waals surface area contributed by atoms with Crippen molar-refractivity contribution >= 4 is 40.6 Å². The first kappa shape index (κ1) is 23.2. The van der Waals surface area contributed by atoms with Crippen LogP contribution >= 0.6 is 22.6 Å². The van der Waals surface area contributed by atoms with E-state index in [9.17, 15) is 14.4 Å². The Morgan fingerprint density at radius 2 is 1.70 bits per heavy atom. The third-order valence-corrected chi connectivity index (χ3v) is 4.34. The van der Waals surface area contributed by atoms with E-state index < -0.39 is 30.0 Å². The Kier molecular flexibility index (Phi) is 10.8. The van der Waals surface area contributed by atoms with Gasteiger partial charge >= 0.3 is 18.0 Å². The smallest absolute Gasteiger partial charge is 0.408 e. The topological polar surface area (TPSA) is 90.9 Å². The maximum absolute atomic E-state index is 12.4. The number of esters is 2. The first-order chi connectivity index (χ1) is 12.9. The van der Waals surface area contributed by atoms with Gasteiger partial charge in [0.25, 0.3) is 0 Å². The van der Waals surface area contributed by atoms with Crippen molar-refractivity contribution in [3.8, 4) is 0 Å². The van der Waals surface area contributed by atoms with Gasteiger partial charge in [0.2, 0.25) is 0 Å². The van der Waals surface area contributed by atoms with Gasteiger partial charge in [-0.2, -0.15) is 0 Å². The van der Waals surface area contributed by atoms with Crippen molar-refractivity contribution in [3.63, 3.8) is 0 Å². The molecule has 1 N–H and O–H groups in total. The molecule has 1 rings (SSSR count). The van der Waals surface area contributed by atoms with E-state index in [0.717, 1.165) is 5.56 Å². The molecule has 1 aromatic rings. The molecule has 0 heterocycles. The molecule has 0 spiro atoms. The highest BCUT2D eigenvalue weighted by Crippen LogP contribution is 2.12. The van der Waals surface area contributed by atoms with E-state index in [1.807, 2.05) is 66.8 Å². The number of hydrogen-bond acceptors (Lipinski definition) is 6. The highest BCUT2D eigenvalue weighted by atomic mass is 127. The molecule has 150 valence electrons. The number of alkyl halides is 1. The van der Waals surface area contributed by atoms with Crippen LogP contribution in [-0.2, 0) is 30.4 Å². The first-order valence-electron chi connectivity index (χ1n) is 8.75. The van der Waals surface area contributed by atoms with Gasteiger partial charge in [0.05, 0.1) is 5.92 Å². The molecule has 0 aliphatic rings. The van der Waals surface area contributed by atoms with Gasteiger partial charge < -0.3 is 19.5 Å². The molecule has 0 aliphatic heterocycles. The van der Waals surface area contributed by atoms with Crippen LogP contribution in [0.15, 0.2) is 30.3 Å². The molecule has 1 unspecified atom stereocenters. The lowest BCUT2D eigenvalue weighted by atomic mass is 9.99. The molecule has 0 bridgehead atoms. The number of ether oxygens (including phenoxy) is 3. The molecule has 3 atom stereocenters. The molecule has 0 aliphatic carbocycles. The van der Waals surface area contributed by atoms with Crippen molar-refractivity contribution in [2.45, 2.75) is 39.8 Å². The van der Waals surface area contributed by atoms with Crippen molar-refractivity contribution in [3.05, 3.63) is 35.9 Å². The summed E-state index contributed by atoms with van der Waals surface area (Å²) < 4.78 is 15.5. The second-order valence-corrected chi connectivity index (χ2v) is 6.80. The summed E-state index contributed by atoms with van der Waals surface area (Å²) in [6.45, 7) is 5.34. The fourth-order valence-electron chi connectivity index (χ4n) is 2.12. The molecule has 0 saturated carbocycles. The molecule has 0 radical (unpaired) electrons. The van der Waals surface area contributed by atoms with Crippen molar-refractivity contribution in [2.75, 3.05) is 11.2 Å². The highest BCUT2D eigenvalue weighted by molar-refractivity contribution is 14.1. The van der Waals surface area contributed by atoms with Gasteiger partial charge in [-0.25, -0.2) is 9.59 Å². The van der Waals surface area contributed by atoms with Crippen LogP contribution in [0.5, 0.6) is 0 Å². The predicted molar refractivity (Wildman–Crippen MR) is 108 cm³/mol. The Hall–Kier alpha value is -1.84. The number of halogens is 1. The lowest BCUT2D eigenvalue weighted by molar-refractivity contribution is -0.154. The average molecular weight is 491 g/mol. The summed E-state index contributed by atoms with van der Waals surface area (Å²) in [5.41, 5.74) is 0.845. The van der Waals surface area contributed by atoms with E-state index in [1.54, 1.807) is 6.92 Å². The highest BCUT2D eigenvalue weighted by Gasteiger charge is 2.29. The Morgan fingerprint density at radius 3 is 2.30 bits per heavy atom. The van der Waals surface area contributed by atoms with Crippen LogP contribution in [0, 0.1) is 11.8 Å². The van der Waals surface area contributed by atoms with Gasteiger partial charge in [-0.3, -0.25) is 4.79 Å². The van der Waals surface area contributed by atoms with Crippen molar-refractivity contribution < 1.29 is 28.6 Å². The number of benzene rings is 1. The molecule has 8 heteroatoms. The van der Waals surface area contributed by atoms with Crippen molar-refractivity contribution in [1.29, 1.82) is 0 Å². The zero-order valence-electron chi connectivity index (χ0n) is 15.8. The largest absolute Gasteiger partial charge is 0.463 e. The summed E-state index contributed by atoms with van der Waals surface area (Å²) in [6, 6.07) is 8.38. The molecule has 1 aromatic carbocycles. The summed E-state index contributed by atoms with van der Waals surface area (Å²) in [5, 5.41) is 2.56. The van der Waals surface area contributed by atoms with E-state index in [0.29, 0.717) is 6.42 Å². The Bertz CT molecular complexity index is 609. The van der Waals surface area contributed by atoms with Gasteiger partial charge in [-0.1, -0.05) is 50.6 Å². The molecule has 0 fully saturated rings. The number of hydrogen-bond donors (Lipinski definition) is 1. The summed E-state index contributed by atoms with van der Waals surface area (Å²) in [4.78, 5) is 36.1. The monoisotopic (exact) mass is 491 g/mol. The minimum absolute atomic E-state index is 0.105. The van der Waals surface area contributed by atoms with E-state index in [2.05, 4.69) is 5.32 Å². The fraction of sp³-hybridized carbons (Fsp3) is 0.526. The second kappa shape index (κ2) is 12.5. The number of alkyl carbamates (subject to hydrolysis) is 1. The Labute approximate surface area is 173 Å². The minimum atomic E-state index is -0.855. The van der Waals surface area contributed by atoms with E-state index in [1.165, 1.54) is 0 Å². The van der Waals surface area contributed by atoms with Crippen LogP contribution < -0.4 is 5.32 Å². The van der Waals surface area contributed by atoms with Gasteiger partial charge in [-0.05, 0) is 41.0 Å². The minimum Gasteiger partial charge on any atom is -0.463 e. The van der Waals surface area contributed by atoms with Crippen LogP contribution in [-0.4, -0.2) is 35.3 Å². The van der Waals surface area contributed by atoms with E-state index in [4.69, 9.17) is 14.2 Å². The van der Waals surface area contributed by atoms with Crippen LogP contribution in [0.2, 0.25) is 0 Å². The standard InChI is InChI=1S/C19H26INO6/c1-4-13(2)16(18(23)25-10-14(3)17(22)27-12-20)21-19(24)26-11-15-8-6-5-7-9-15/h5-9,13-14,16H,4,10-12H2,1-3H3,(H,21,24)/t13-,14?,16-/m0/s1. The Morgan fingerprint density at radius 1 is 1.04 bits per heavy atom. The number of carbonyl (C=O) groups is 3. The lowest BCUT2D eigenvalue weighted by Crippen LogP contribution is -2.46. The summed E-state index contributed by atoms with van der Waals surface area (Å²) in [6.07, 6.45) is -0.0380. The SMILES string of the molecule is CC[C@H](C)[C@H](NC(=O)OCc1ccccc1)C(=O)OCC(C)C(=O)OCI. The fourth-order valence-corrected chi connectivity index (χ4v) is 2.43. The van der Waals surface area contributed by atoms with Crippen LogP contribution in [0.3, 0.4) is 0 Å². The zero-order chi connectivity index (χ0) is 20.2. The number of carbonyl (C=O) groups excluding carboxylic acids is 3. The average Bonchev–Trinajstić information content (AvgIpc) is 2.68. The normalized spacial score (nSPS) is 13.8. The summed E-state index contributed by atoms with van der Waals surface area (Å²) >= 11 is 1.91. The molecule has 0 aromatic heterocycles.